The third-order valence-corrected chi connectivity index (χ3v) is 6.38. The lowest BCUT2D eigenvalue weighted by atomic mass is 9.76. The minimum absolute atomic E-state index is 0.0428. The molecular weight excluding hydrogens is 459 g/mol. The highest BCUT2D eigenvalue weighted by Crippen LogP contribution is 2.39. The molecule has 4 rings (SSSR count). The Bertz CT molecular complexity index is 1290. The number of halogens is 1. The predicted molar refractivity (Wildman–Crippen MR) is 138 cm³/mol. The van der Waals surface area contributed by atoms with Crippen LogP contribution in [0.2, 0.25) is 0 Å². The summed E-state index contributed by atoms with van der Waals surface area (Å²) in [5.74, 6) is -0.316. The second-order valence-corrected chi connectivity index (χ2v) is 10.8. The normalized spacial score (nSPS) is 20.1. The molecule has 1 saturated carbocycles. The number of carbonyl (C=O) groups excluding carboxylic acids is 2. The Morgan fingerprint density at radius 2 is 1.89 bits per heavy atom. The molecule has 3 atom stereocenters. The molecule has 7 nitrogen and oxygen atoms in total. The number of hydrogen-bond acceptors (Lipinski definition) is 5. The smallest absolute Gasteiger partial charge is 0.407 e. The second-order valence-electron chi connectivity index (χ2n) is 10.8. The molecule has 2 amide bonds. The van der Waals surface area contributed by atoms with Crippen molar-refractivity contribution in [3.8, 4) is 0 Å². The number of fused-ring (bicyclic) bond motifs is 1. The molecule has 8 heteroatoms. The molecule has 0 unspecified atom stereocenters. The Balaban J connectivity index is 1.56. The molecule has 0 bridgehead atoms. The Kier molecular flexibility index (Phi) is 7.24. The van der Waals surface area contributed by atoms with Crippen LogP contribution in [0, 0.1) is 18.7 Å². The highest BCUT2D eigenvalue weighted by atomic mass is 19.1. The van der Waals surface area contributed by atoms with Crippen LogP contribution < -0.4 is 10.6 Å². The van der Waals surface area contributed by atoms with Gasteiger partial charge in [0.2, 0.25) is 0 Å². The van der Waals surface area contributed by atoms with Crippen molar-refractivity contribution < 1.29 is 18.7 Å². The molecule has 0 radical (unpaired) electrons. The highest BCUT2D eigenvalue weighted by Gasteiger charge is 2.31. The summed E-state index contributed by atoms with van der Waals surface area (Å²) in [6.07, 6.45) is 7.03. The van der Waals surface area contributed by atoms with E-state index in [0.29, 0.717) is 28.1 Å². The molecule has 36 heavy (non-hydrogen) atoms. The second kappa shape index (κ2) is 10.2. The molecular formula is C28H33FN4O3. The number of anilines is 1. The van der Waals surface area contributed by atoms with E-state index >= 15 is 0 Å². The number of hydrogen-bond donors (Lipinski definition) is 2. The van der Waals surface area contributed by atoms with Gasteiger partial charge in [0, 0.05) is 23.8 Å². The number of aryl methyl sites for hydroxylation is 1. The van der Waals surface area contributed by atoms with Crippen LogP contribution in [0.15, 0.2) is 42.9 Å². The van der Waals surface area contributed by atoms with Crippen molar-refractivity contribution in [3.63, 3.8) is 0 Å². The van der Waals surface area contributed by atoms with Gasteiger partial charge in [0.25, 0.3) is 5.91 Å². The Morgan fingerprint density at radius 1 is 1.11 bits per heavy atom. The largest absolute Gasteiger partial charge is 0.444 e. The van der Waals surface area contributed by atoms with Crippen LogP contribution in [0.1, 0.15) is 74.4 Å². The number of ether oxygens (including phenoxy) is 1. The summed E-state index contributed by atoms with van der Waals surface area (Å²) in [5.41, 5.74) is 2.41. The number of nitrogens with zero attached hydrogens (tertiary/aromatic N) is 2. The molecule has 190 valence electrons. The van der Waals surface area contributed by atoms with Crippen molar-refractivity contribution >= 4 is 28.6 Å². The molecule has 1 aliphatic carbocycles. The zero-order valence-corrected chi connectivity index (χ0v) is 21.4. The molecule has 1 aromatic carbocycles. The van der Waals surface area contributed by atoms with Gasteiger partial charge in [-0.2, -0.15) is 0 Å². The first-order valence-electron chi connectivity index (χ1n) is 12.3. The van der Waals surface area contributed by atoms with Crippen molar-refractivity contribution in [3.05, 3.63) is 65.4 Å². The molecule has 0 saturated heterocycles. The van der Waals surface area contributed by atoms with Crippen LogP contribution in [0.25, 0.3) is 10.9 Å². The maximum absolute atomic E-state index is 14.4. The maximum atomic E-state index is 14.4. The first-order valence-corrected chi connectivity index (χ1v) is 12.3. The summed E-state index contributed by atoms with van der Waals surface area (Å²) in [7, 11) is 0. The van der Waals surface area contributed by atoms with E-state index in [-0.39, 0.29) is 17.9 Å². The van der Waals surface area contributed by atoms with Crippen molar-refractivity contribution in [2.75, 3.05) is 5.32 Å². The standard InChI is InChI=1S/C28H33FN4O3/c1-16-10-18(13-19(11-16)32-27(35)36-28(3,4)5)20-8-9-30-15-24(20)33-26(34)21-6-7-23(29)22-12-17(2)14-31-25(21)22/h6-9,12,14-16,18-19H,10-11,13H2,1-5H3,(H,32,35)(H,33,34)/t16-,18+,19-/m0/s1. The molecule has 2 aromatic heterocycles. The van der Waals surface area contributed by atoms with Crippen molar-refractivity contribution in [1.29, 1.82) is 0 Å². The van der Waals surface area contributed by atoms with Crippen LogP contribution in [-0.4, -0.2) is 33.6 Å². The molecule has 0 aliphatic heterocycles. The molecule has 3 aromatic rings. The Labute approximate surface area is 210 Å². The van der Waals surface area contributed by atoms with Crippen molar-refractivity contribution in [2.45, 2.75) is 71.4 Å². The van der Waals surface area contributed by atoms with Gasteiger partial charge in [-0.1, -0.05) is 6.92 Å². The first-order chi connectivity index (χ1) is 17.0. The number of rotatable bonds is 4. The Hall–Kier alpha value is -3.55. The van der Waals surface area contributed by atoms with E-state index in [2.05, 4.69) is 27.5 Å². The lowest BCUT2D eigenvalue weighted by molar-refractivity contribution is 0.0482. The van der Waals surface area contributed by atoms with Gasteiger partial charge in [-0.05, 0) is 94.2 Å². The van der Waals surface area contributed by atoms with E-state index in [1.54, 1.807) is 24.7 Å². The van der Waals surface area contributed by atoms with Gasteiger partial charge in [-0.3, -0.25) is 14.8 Å². The van der Waals surface area contributed by atoms with Gasteiger partial charge in [0.05, 0.1) is 23.0 Å². The number of alkyl carbamates (subject to hydrolysis) is 1. The summed E-state index contributed by atoms with van der Waals surface area (Å²) in [4.78, 5) is 34.2. The molecule has 2 N–H and O–H groups in total. The van der Waals surface area contributed by atoms with Gasteiger partial charge in [0.1, 0.15) is 11.4 Å². The molecule has 1 aliphatic rings. The first kappa shape index (κ1) is 25.5. The number of aromatic nitrogens is 2. The third-order valence-electron chi connectivity index (χ3n) is 6.38. The van der Waals surface area contributed by atoms with Crippen LogP contribution in [0.4, 0.5) is 14.9 Å². The third kappa shape index (κ3) is 5.98. The SMILES string of the molecule is Cc1cnc2c(C(=O)Nc3cnccc3[C@@H]3C[C@H](C)C[C@H](NC(=O)OC(C)(C)C)C3)ccc(F)c2c1. The fraction of sp³-hybridized carbons (Fsp3) is 0.429. The van der Waals surface area contributed by atoms with Crippen LogP contribution in [0.5, 0.6) is 0 Å². The van der Waals surface area contributed by atoms with Gasteiger partial charge in [0.15, 0.2) is 0 Å². The van der Waals surface area contributed by atoms with E-state index < -0.39 is 17.5 Å². The van der Waals surface area contributed by atoms with Crippen molar-refractivity contribution in [2.24, 2.45) is 5.92 Å². The van der Waals surface area contributed by atoms with E-state index in [4.69, 9.17) is 4.74 Å². The minimum atomic E-state index is -0.565. The van der Waals surface area contributed by atoms with E-state index in [1.807, 2.05) is 33.8 Å². The monoisotopic (exact) mass is 492 g/mol. The average molecular weight is 493 g/mol. The number of pyridine rings is 2. The van der Waals surface area contributed by atoms with Crippen LogP contribution in [-0.2, 0) is 4.74 Å². The fourth-order valence-electron chi connectivity index (χ4n) is 4.98. The van der Waals surface area contributed by atoms with Gasteiger partial charge in [-0.25, -0.2) is 9.18 Å². The zero-order chi connectivity index (χ0) is 26.0. The maximum Gasteiger partial charge on any atom is 0.407 e. The van der Waals surface area contributed by atoms with Crippen LogP contribution >= 0.6 is 0 Å². The van der Waals surface area contributed by atoms with Crippen molar-refractivity contribution in [1.82, 2.24) is 15.3 Å². The summed E-state index contributed by atoms with van der Waals surface area (Å²) < 4.78 is 19.8. The lowest BCUT2D eigenvalue weighted by Gasteiger charge is -2.35. The van der Waals surface area contributed by atoms with E-state index in [9.17, 15) is 14.0 Å². The quantitative estimate of drug-likeness (QED) is 0.457. The molecule has 2 heterocycles. The topological polar surface area (TPSA) is 93.2 Å². The molecule has 1 fully saturated rings. The van der Waals surface area contributed by atoms with Gasteiger partial charge >= 0.3 is 6.09 Å². The number of carbonyl (C=O) groups is 2. The van der Waals surface area contributed by atoms with Crippen LogP contribution in [0.3, 0.4) is 0 Å². The minimum Gasteiger partial charge on any atom is -0.444 e. The Morgan fingerprint density at radius 3 is 2.64 bits per heavy atom. The number of nitrogens with one attached hydrogen (secondary N) is 2. The highest BCUT2D eigenvalue weighted by molar-refractivity contribution is 6.12. The average Bonchev–Trinajstić information content (AvgIpc) is 2.78. The van der Waals surface area contributed by atoms with Gasteiger partial charge < -0.3 is 15.4 Å². The van der Waals surface area contributed by atoms with E-state index in [1.165, 1.54) is 12.1 Å². The molecule has 0 spiro atoms. The summed E-state index contributed by atoms with van der Waals surface area (Å²) in [5, 5.41) is 6.30. The van der Waals surface area contributed by atoms with E-state index in [0.717, 1.165) is 30.4 Å². The zero-order valence-electron chi connectivity index (χ0n) is 21.4. The predicted octanol–water partition coefficient (Wildman–Crippen LogP) is 6.13. The summed E-state index contributed by atoms with van der Waals surface area (Å²) in [6.45, 7) is 9.51. The number of benzene rings is 1. The van der Waals surface area contributed by atoms with Gasteiger partial charge in [-0.15, -0.1) is 0 Å². The number of amides is 2. The fourth-order valence-corrected chi connectivity index (χ4v) is 4.98. The summed E-state index contributed by atoms with van der Waals surface area (Å²) >= 11 is 0. The lowest BCUT2D eigenvalue weighted by Crippen LogP contribution is -2.42. The summed E-state index contributed by atoms with van der Waals surface area (Å²) in [6, 6.07) is 6.30.